The molecule has 0 saturated heterocycles. The van der Waals surface area contributed by atoms with E-state index >= 15 is 0 Å². The van der Waals surface area contributed by atoms with Crippen molar-refractivity contribution in [3.05, 3.63) is 0 Å². The number of ether oxygens (including phenoxy) is 2. The molecule has 0 aromatic rings. The van der Waals surface area contributed by atoms with Gasteiger partial charge in [-0.3, -0.25) is 9.59 Å². The molecule has 126 valence electrons. The Kier molecular flexibility index (Phi) is 5.18. The minimum Gasteiger partial charge on any atom is -0.465 e. The molecule has 2 aliphatic rings. The van der Waals surface area contributed by atoms with Gasteiger partial charge in [-0.05, 0) is 64.2 Å². The van der Waals surface area contributed by atoms with Crippen molar-refractivity contribution >= 4 is 11.9 Å². The summed E-state index contributed by atoms with van der Waals surface area (Å²) in [6, 6.07) is 0. The number of carbonyl (C=O) groups is 2. The SMILES string of the molecule is CCC(C)(C)C(=O)OCCC(=O)OC1(CC)CC2CCC1C2. The van der Waals surface area contributed by atoms with Gasteiger partial charge in [0.25, 0.3) is 0 Å². The number of hydrogen-bond donors (Lipinski definition) is 0. The monoisotopic (exact) mass is 310 g/mol. The van der Waals surface area contributed by atoms with Gasteiger partial charge in [0.05, 0.1) is 11.8 Å². The van der Waals surface area contributed by atoms with E-state index in [1.807, 2.05) is 20.8 Å². The van der Waals surface area contributed by atoms with Crippen molar-refractivity contribution in [3.8, 4) is 0 Å². The molecule has 0 amide bonds. The maximum Gasteiger partial charge on any atom is 0.311 e. The van der Waals surface area contributed by atoms with E-state index in [-0.39, 0.29) is 30.6 Å². The van der Waals surface area contributed by atoms with E-state index in [0.29, 0.717) is 5.92 Å². The van der Waals surface area contributed by atoms with E-state index in [9.17, 15) is 9.59 Å². The second kappa shape index (κ2) is 6.59. The highest BCUT2D eigenvalue weighted by Gasteiger charge is 2.52. The molecule has 3 unspecified atom stereocenters. The Bertz CT molecular complexity index is 429. The Morgan fingerprint density at radius 3 is 2.45 bits per heavy atom. The Morgan fingerprint density at radius 1 is 1.23 bits per heavy atom. The molecule has 22 heavy (non-hydrogen) atoms. The molecule has 2 bridgehead atoms. The molecule has 2 fully saturated rings. The summed E-state index contributed by atoms with van der Waals surface area (Å²) >= 11 is 0. The van der Waals surface area contributed by atoms with Crippen LogP contribution < -0.4 is 0 Å². The molecule has 3 atom stereocenters. The quantitative estimate of drug-likeness (QED) is 0.670. The fourth-order valence-corrected chi connectivity index (χ4v) is 3.87. The number of rotatable bonds is 7. The summed E-state index contributed by atoms with van der Waals surface area (Å²) in [6.45, 7) is 7.90. The largest absolute Gasteiger partial charge is 0.465 e. The highest BCUT2D eigenvalue weighted by molar-refractivity contribution is 5.76. The third-order valence-corrected chi connectivity index (χ3v) is 5.81. The topological polar surface area (TPSA) is 52.6 Å². The van der Waals surface area contributed by atoms with Crippen LogP contribution in [0.1, 0.15) is 72.6 Å². The third-order valence-electron chi connectivity index (χ3n) is 5.81. The number of hydrogen-bond acceptors (Lipinski definition) is 4. The van der Waals surface area contributed by atoms with Gasteiger partial charge in [0.15, 0.2) is 0 Å². The molecule has 0 N–H and O–H groups in total. The molecule has 0 radical (unpaired) electrons. The van der Waals surface area contributed by atoms with Gasteiger partial charge in [-0.15, -0.1) is 0 Å². The van der Waals surface area contributed by atoms with Crippen molar-refractivity contribution in [2.75, 3.05) is 6.61 Å². The molecular formula is C18H30O4. The van der Waals surface area contributed by atoms with Crippen LogP contribution in [0.4, 0.5) is 0 Å². The van der Waals surface area contributed by atoms with Gasteiger partial charge >= 0.3 is 11.9 Å². The predicted octanol–water partition coefficient (Wildman–Crippen LogP) is 3.87. The zero-order chi connectivity index (χ0) is 16.4. The van der Waals surface area contributed by atoms with Crippen molar-refractivity contribution in [2.24, 2.45) is 17.3 Å². The highest BCUT2D eigenvalue weighted by Crippen LogP contribution is 2.54. The molecule has 2 aliphatic carbocycles. The first kappa shape index (κ1) is 17.3. The second-order valence-corrected chi connectivity index (χ2v) is 7.60. The number of esters is 2. The Labute approximate surface area is 133 Å². The van der Waals surface area contributed by atoms with Gasteiger partial charge in [-0.2, -0.15) is 0 Å². The Morgan fingerprint density at radius 2 is 1.95 bits per heavy atom. The minimum atomic E-state index is -0.487. The van der Waals surface area contributed by atoms with Gasteiger partial charge in [-0.25, -0.2) is 0 Å². The zero-order valence-corrected chi connectivity index (χ0v) is 14.4. The molecule has 0 aromatic carbocycles. The Hall–Kier alpha value is -1.06. The van der Waals surface area contributed by atoms with Crippen LogP contribution >= 0.6 is 0 Å². The van der Waals surface area contributed by atoms with E-state index in [1.54, 1.807) is 0 Å². The van der Waals surface area contributed by atoms with Crippen molar-refractivity contribution < 1.29 is 19.1 Å². The van der Waals surface area contributed by atoms with Gasteiger partial charge in [0.2, 0.25) is 0 Å². The second-order valence-electron chi connectivity index (χ2n) is 7.60. The summed E-state index contributed by atoms with van der Waals surface area (Å²) in [5.74, 6) is 0.804. The fraction of sp³-hybridized carbons (Fsp3) is 0.889. The maximum absolute atomic E-state index is 12.1. The van der Waals surface area contributed by atoms with Crippen LogP contribution in [-0.4, -0.2) is 24.1 Å². The third kappa shape index (κ3) is 3.47. The van der Waals surface area contributed by atoms with Crippen LogP contribution in [0.25, 0.3) is 0 Å². The molecule has 2 rings (SSSR count). The van der Waals surface area contributed by atoms with E-state index in [2.05, 4.69) is 6.92 Å². The summed E-state index contributed by atoms with van der Waals surface area (Å²) in [7, 11) is 0. The van der Waals surface area contributed by atoms with Crippen LogP contribution in [0.2, 0.25) is 0 Å². The lowest BCUT2D eigenvalue weighted by molar-refractivity contribution is -0.169. The molecule has 4 nitrogen and oxygen atoms in total. The summed E-state index contributed by atoms with van der Waals surface area (Å²) < 4.78 is 11.1. The van der Waals surface area contributed by atoms with Gasteiger partial charge in [0, 0.05) is 0 Å². The average Bonchev–Trinajstić information content (AvgIpc) is 3.08. The Balaban J connectivity index is 1.78. The summed E-state index contributed by atoms with van der Waals surface area (Å²) in [5.41, 5.74) is -0.730. The fourth-order valence-electron chi connectivity index (χ4n) is 3.87. The lowest BCUT2D eigenvalue weighted by atomic mass is 9.82. The standard InChI is InChI=1S/C18H30O4/c1-5-17(3,4)16(20)21-10-9-15(19)22-18(6-2)12-13-7-8-14(18)11-13/h13-14H,5-12H2,1-4H3. The maximum atomic E-state index is 12.1. The smallest absolute Gasteiger partial charge is 0.311 e. The van der Waals surface area contributed by atoms with Crippen LogP contribution in [0, 0.1) is 17.3 Å². The van der Waals surface area contributed by atoms with Crippen molar-refractivity contribution in [3.63, 3.8) is 0 Å². The lowest BCUT2D eigenvalue weighted by Crippen LogP contribution is -2.40. The van der Waals surface area contributed by atoms with Crippen LogP contribution in [0.5, 0.6) is 0 Å². The number of fused-ring (bicyclic) bond motifs is 2. The first-order valence-electron chi connectivity index (χ1n) is 8.72. The van der Waals surface area contributed by atoms with E-state index < -0.39 is 5.41 Å². The summed E-state index contributed by atoms with van der Waals surface area (Å²) in [5, 5.41) is 0. The normalized spacial score (nSPS) is 30.4. The molecule has 0 spiro atoms. The van der Waals surface area contributed by atoms with Crippen molar-refractivity contribution in [1.82, 2.24) is 0 Å². The van der Waals surface area contributed by atoms with Crippen molar-refractivity contribution in [2.45, 2.75) is 78.2 Å². The lowest BCUT2D eigenvalue weighted by Gasteiger charge is -2.36. The molecule has 0 aliphatic heterocycles. The first-order chi connectivity index (χ1) is 10.3. The molecule has 2 saturated carbocycles. The molecular weight excluding hydrogens is 280 g/mol. The zero-order valence-electron chi connectivity index (χ0n) is 14.4. The van der Waals surface area contributed by atoms with E-state index in [4.69, 9.17) is 9.47 Å². The molecule has 4 heteroatoms. The predicted molar refractivity (Wildman–Crippen MR) is 84.2 cm³/mol. The molecule has 0 aromatic heterocycles. The van der Waals surface area contributed by atoms with Gasteiger partial charge < -0.3 is 9.47 Å². The van der Waals surface area contributed by atoms with Gasteiger partial charge in [-0.1, -0.05) is 13.8 Å². The highest BCUT2D eigenvalue weighted by atomic mass is 16.6. The molecule has 0 heterocycles. The van der Waals surface area contributed by atoms with Crippen LogP contribution in [0.15, 0.2) is 0 Å². The van der Waals surface area contributed by atoms with E-state index in [1.165, 1.54) is 19.3 Å². The minimum absolute atomic E-state index is 0.120. The first-order valence-corrected chi connectivity index (χ1v) is 8.72. The average molecular weight is 310 g/mol. The number of carbonyl (C=O) groups excluding carboxylic acids is 2. The van der Waals surface area contributed by atoms with E-state index in [0.717, 1.165) is 25.2 Å². The van der Waals surface area contributed by atoms with Crippen molar-refractivity contribution in [1.29, 1.82) is 0 Å². The van der Waals surface area contributed by atoms with Crippen LogP contribution in [0.3, 0.4) is 0 Å². The summed E-state index contributed by atoms with van der Waals surface area (Å²) in [6.07, 6.45) is 6.47. The summed E-state index contributed by atoms with van der Waals surface area (Å²) in [4.78, 5) is 24.0. The van der Waals surface area contributed by atoms with Crippen LogP contribution in [-0.2, 0) is 19.1 Å². The van der Waals surface area contributed by atoms with Gasteiger partial charge in [0.1, 0.15) is 12.2 Å².